The Morgan fingerprint density at radius 1 is 0.921 bits per heavy atom. The SMILES string of the molecule is CC(C)c1cc(C(=O)NC2CCCCC2)cc(C(C)C)c1CC(=O)NS(=O)(=O)c1ccc(CN(C)C)cc1. The lowest BCUT2D eigenvalue weighted by Crippen LogP contribution is -2.36. The second kappa shape index (κ2) is 12.9. The molecule has 8 heteroatoms. The third-order valence-corrected chi connectivity index (χ3v) is 8.47. The standard InChI is InChI=1S/C30H43N3O4S/c1-20(2)26-16-23(30(35)31-24-10-8-7-9-11-24)17-27(21(3)4)28(26)18-29(34)32-38(36,37)25-14-12-22(13-15-25)19-33(5)6/h12-17,20-21,24H,7-11,18-19H2,1-6H3,(H,31,35)(H,32,34). The van der Waals surface area contributed by atoms with E-state index < -0.39 is 15.9 Å². The molecule has 0 aliphatic heterocycles. The summed E-state index contributed by atoms with van der Waals surface area (Å²) < 4.78 is 28.1. The highest BCUT2D eigenvalue weighted by Crippen LogP contribution is 2.31. The smallest absolute Gasteiger partial charge is 0.264 e. The topological polar surface area (TPSA) is 95.6 Å². The Bertz CT molecular complexity index is 1200. The van der Waals surface area contributed by atoms with Crippen molar-refractivity contribution < 1.29 is 18.0 Å². The van der Waals surface area contributed by atoms with Crippen LogP contribution < -0.4 is 10.0 Å². The first-order valence-electron chi connectivity index (χ1n) is 13.6. The summed E-state index contributed by atoms with van der Waals surface area (Å²) in [5.74, 6) is -0.570. The van der Waals surface area contributed by atoms with Crippen LogP contribution in [0.1, 0.15) is 104 Å². The fraction of sp³-hybridized carbons (Fsp3) is 0.533. The minimum atomic E-state index is -4.01. The van der Waals surface area contributed by atoms with Crippen molar-refractivity contribution in [2.24, 2.45) is 0 Å². The maximum absolute atomic E-state index is 13.2. The van der Waals surface area contributed by atoms with Crippen LogP contribution in [0.4, 0.5) is 0 Å². The predicted octanol–water partition coefficient (Wildman–Crippen LogP) is 5.11. The average Bonchev–Trinajstić information content (AvgIpc) is 2.84. The van der Waals surface area contributed by atoms with Gasteiger partial charge in [0.25, 0.3) is 15.9 Å². The Kier molecular flexibility index (Phi) is 10.1. The Labute approximate surface area is 228 Å². The van der Waals surface area contributed by atoms with Gasteiger partial charge in [0.15, 0.2) is 0 Å². The molecular weight excluding hydrogens is 498 g/mol. The number of amides is 2. The van der Waals surface area contributed by atoms with Crippen molar-refractivity contribution >= 4 is 21.8 Å². The molecule has 2 aromatic carbocycles. The molecule has 1 saturated carbocycles. The van der Waals surface area contributed by atoms with Gasteiger partial charge in [0.1, 0.15) is 0 Å². The van der Waals surface area contributed by atoms with Crippen molar-refractivity contribution in [3.8, 4) is 0 Å². The van der Waals surface area contributed by atoms with E-state index in [4.69, 9.17) is 0 Å². The number of rotatable bonds is 10. The summed E-state index contributed by atoms with van der Waals surface area (Å²) in [6.07, 6.45) is 5.42. The van der Waals surface area contributed by atoms with Crippen molar-refractivity contribution in [1.29, 1.82) is 0 Å². The summed E-state index contributed by atoms with van der Waals surface area (Å²) >= 11 is 0. The highest BCUT2D eigenvalue weighted by molar-refractivity contribution is 7.90. The van der Waals surface area contributed by atoms with Crippen LogP contribution >= 0.6 is 0 Å². The Hall–Kier alpha value is -2.71. The summed E-state index contributed by atoms with van der Waals surface area (Å²) in [6.45, 7) is 8.79. The molecule has 208 valence electrons. The maximum atomic E-state index is 13.2. The van der Waals surface area contributed by atoms with Crippen molar-refractivity contribution in [1.82, 2.24) is 14.9 Å². The molecule has 0 radical (unpaired) electrons. The molecule has 38 heavy (non-hydrogen) atoms. The summed E-state index contributed by atoms with van der Waals surface area (Å²) in [6, 6.07) is 10.5. The van der Waals surface area contributed by atoms with E-state index in [1.807, 2.05) is 58.8 Å². The minimum Gasteiger partial charge on any atom is -0.349 e. The number of nitrogens with zero attached hydrogens (tertiary/aromatic N) is 1. The van der Waals surface area contributed by atoms with E-state index >= 15 is 0 Å². The molecule has 2 aromatic rings. The largest absolute Gasteiger partial charge is 0.349 e. The van der Waals surface area contributed by atoms with Crippen LogP contribution in [0.5, 0.6) is 0 Å². The zero-order valence-electron chi connectivity index (χ0n) is 23.6. The van der Waals surface area contributed by atoms with E-state index in [0.717, 1.165) is 47.9 Å². The second-order valence-corrected chi connectivity index (χ2v) is 13.0. The highest BCUT2D eigenvalue weighted by Gasteiger charge is 2.24. The Morgan fingerprint density at radius 2 is 1.47 bits per heavy atom. The summed E-state index contributed by atoms with van der Waals surface area (Å²) in [7, 11) is -0.123. The van der Waals surface area contributed by atoms with Gasteiger partial charge in [0, 0.05) is 18.2 Å². The van der Waals surface area contributed by atoms with E-state index in [1.54, 1.807) is 12.1 Å². The molecule has 0 unspecified atom stereocenters. The molecular formula is C30H43N3O4S. The second-order valence-electron chi connectivity index (χ2n) is 11.3. The third kappa shape index (κ3) is 7.90. The van der Waals surface area contributed by atoms with E-state index in [0.29, 0.717) is 12.1 Å². The van der Waals surface area contributed by atoms with E-state index in [9.17, 15) is 18.0 Å². The summed E-state index contributed by atoms with van der Waals surface area (Å²) in [4.78, 5) is 28.3. The van der Waals surface area contributed by atoms with Gasteiger partial charge in [-0.15, -0.1) is 0 Å². The van der Waals surface area contributed by atoms with Gasteiger partial charge >= 0.3 is 0 Å². The number of sulfonamides is 1. The number of hydrogen-bond acceptors (Lipinski definition) is 5. The van der Waals surface area contributed by atoms with Gasteiger partial charge in [-0.2, -0.15) is 0 Å². The molecule has 2 N–H and O–H groups in total. The Balaban J connectivity index is 1.83. The molecule has 7 nitrogen and oxygen atoms in total. The van der Waals surface area contributed by atoms with Crippen LogP contribution in [0.25, 0.3) is 0 Å². The molecule has 1 aliphatic carbocycles. The maximum Gasteiger partial charge on any atom is 0.264 e. The average molecular weight is 542 g/mol. The van der Waals surface area contributed by atoms with E-state index in [1.165, 1.54) is 18.6 Å². The van der Waals surface area contributed by atoms with Crippen LogP contribution in [0.15, 0.2) is 41.3 Å². The quantitative estimate of drug-likeness (QED) is 0.436. The van der Waals surface area contributed by atoms with E-state index in [-0.39, 0.29) is 35.1 Å². The molecule has 3 rings (SSSR count). The molecule has 0 atom stereocenters. The van der Waals surface area contributed by atoms with Crippen molar-refractivity contribution in [3.63, 3.8) is 0 Å². The van der Waals surface area contributed by atoms with Gasteiger partial charge in [0.05, 0.1) is 11.3 Å². The molecule has 0 spiro atoms. The predicted molar refractivity (Wildman–Crippen MR) is 152 cm³/mol. The van der Waals surface area contributed by atoms with Crippen molar-refractivity contribution in [2.45, 2.75) is 95.5 Å². The van der Waals surface area contributed by atoms with Gasteiger partial charge in [-0.05, 0) is 85.3 Å². The Morgan fingerprint density at radius 3 is 1.97 bits per heavy atom. The molecule has 2 amide bonds. The van der Waals surface area contributed by atoms with Crippen LogP contribution in [0, 0.1) is 0 Å². The zero-order valence-corrected chi connectivity index (χ0v) is 24.5. The molecule has 0 bridgehead atoms. The number of carbonyl (C=O) groups excluding carboxylic acids is 2. The van der Waals surface area contributed by atoms with Crippen molar-refractivity contribution in [3.05, 3.63) is 64.2 Å². The van der Waals surface area contributed by atoms with Gasteiger partial charge in [-0.25, -0.2) is 13.1 Å². The van der Waals surface area contributed by atoms with Crippen LogP contribution in [0.3, 0.4) is 0 Å². The molecule has 0 heterocycles. The van der Waals surface area contributed by atoms with Gasteiger partial charge in [-0.1, -0.05) is 59.1 Å². The molecule has 0 saturated heterocycles. The fourth-order valence-electron chi connectivity index (χ4n) is 5.14. The number of benzene rings is 2. The first kappa shape index (κ1) is 29.8. The first-order chi connectivity index (χ1) is 17.9. The third-order valence-electron chi connectivity index (χ3n) is 7.08. The number of carbonyl (C=O) groups is 2. The lowest BCUT2D eigenvalue weighted by Gasteiger charge is -2.24. The van der Waals surface area contributed by atoms with Gasteiger partial charge < -0.3 is 10.2 Å². The van der Waals surface area contributed by atoms with Gasteiger partial charge in [0.2, 0.25) is 5.91 Å². The monoisotopic (exact) mass is 541 g/mol. The summed E-state index contributed by atoms with van der Waals surface area (Å²) in [5, 5.41) is 3.19. The molecule has 1 fully saturated rings. The van der Waals surface area contributed by atoms with Crippen LogP contribution in [0.2, 0.25) is 0 Å². The van der Waals surface area contributed by atoms with Crippen LogP contribution in [-0.4, -0.2) is 45.3 Å². The minimum absolute atomic E-state index is 0.0521. The molecule has 1 aliphatic rings. The highest BCUT2D eigenvalue weighted by atomic mass is 32.2. The van der Waals surface area contributed by atoms with Gasteiger partial charge in [-0.3, -0.25) is 9.59 Å². The summed E-state index contributed by atoms with van der Waals surface area (Å²) in [5.41, 5.74) is 4.16. The lowest BCUT2D eigenvalue weighted by atomic mass is 9.85. The van der Waals surface area contributed by atoms with Crippen LogP contribution in [-0.2, 0) is 27.8 Å². The number of nitrogens with one attached hydrogen (secondary N) is 2. The fourth-order valence-corrected chi connectivity index (χ4v) is 6.13. The zero-order chi connectivity index (χ0) is 28.0. The normalized spacial score (nSPS) is 14.8. The first-order valence-corrected chi connectivity index (χ1v) is 15.1. The lowest BCUT2D eigenvalue weighted by molar-refractivity contribution is -0.118. The van der Waals surface area contributed by atoms with E-state index in [2.05, 4.69) is 10.0 Å². The van der Waals surface area contributed by atoms with Crippen molar-refractivity contribution in [2.75, 3.05) is 14.1 Å². The molecule has 0 aromatic heterocycles. The number of hydrogen-bond donors (Lipinski definition) is 2.